The van der Waals surface area contributed by atoms with Gasteiger partial charge in [-0.3, -0.25) is 14.9 Å². The minimum Gasteiger partial charge on any atom is -0.345 e. The summed E-state index contributed by atoms with van der Waals surface area (Å²) in [7, 11) is 0. The summed E-state index contributed by atoms with van der Waals surface area (Å²) in [5, 5.41) is 14.5. The fourth-order valence-electron chi connectivity index (χ4n) is 2.14. The second-order valence-corrected chi connectivity index (χ2v) is 5.64. The lowest BCUT2D eigenvalue weighted by Crippen LogP contribution is -2.51. The van der Waals surface area contributed by atoms with Crippen LogP contribution in [0.2, 0.25) is 5.02 Å². The van der Waals surface area contributed by atoms with Crippen molar-refractivity contribution in [3.05, 3.63) is 33.3 Å². The second kappa shape index (κ2) is 6.89. The van der Waals surface area contributed by atoms with Gasteiger partial charge < -0.3 is 15.1 Å². The van der Waals surface area contributed by atoms with Crippen LogP contribution in [0.25, 0.3) is 0 Å². The zero-order chi connectivity index (χ0) is 16.3. The summed E-state index contributed by atoms with van der Waals surface area (Å²) >= 11 is 11.3. The van der Waals surface area contributed by atoms with Crippen LogP contribution in [0.5, 0.6) is 0 Å². The molecular weight excluding hydrogens is 328 g/mol. The number of nitro benzene ring substituents is 1. The van der Waals surface area contributed by atoms with Crippen molar-refractivity contribution in [2.75, 3.05) is 31.5 Å². The number of anilines is 1. The highest BCUT2D eigenvalue weighted by atomic mass is 35.5. The van der Waals surface area contributed by atoms with Crippen LogP contribution < -0.4 is 5.32 Å². The molecule has 1 amide bonds. The highest BCUT2D eigenvalue weighted by Crippen LogP contribution is 2.27. The van der Waals surface area contributed by atoms with E-state index in [2.05, 4.69) is 5.32 Å². The molecule has 0 atom stereocenters. The zero-order valence-corrected chi connectivity index (χ0v) is 13.5. The fourth-order valence-corrected chi connectivity index (χ4v) is 2.60. The number of thiocarbonyl (C=S) groups is 1. The quantitative estimate of drug-likeness (QED) is 0.504. The second-order valence-electron chi connectivity index (χ2n) is 4.84. The third-order valence-corrected chi connectivity index (χ3v) is 4.10. The predicted octanol–water partition coefficient (Wildman–Crippen LogP) is 2.11. The molecule has 2 rings (SSSR count). The smallest absolute Gasteiger partial charge is 0.271 e. The van der Waals surface area contributed by atoms with Crippen molar-refractivity contribution in [2.45, 2.75) is 6.92 Å². The molecule has 0 saturated carbocycles. The summed E-state index contributed by atoms with van der Waals surface area (Å²) in [5.74, 6) is 0.0419. The first-order valence-electron chi connectivity index (χ1n) is 6.64. The summed E-state index contributed by atoms with van der Waals surface area (Å²) < 4.78 is 0. The lowest BCUT2D eigenvalue weighted by atomic mass is 10.3. The first-order valence-corrected chi connectivity index (χ1v) is 7.42. The van der Waals surface area contributed by atoms with E-state index in [0.29, 0.717) is 42.0 Å². The molecule has 1 aromatic carbocycles. The van der Waals surface area contributed by atoms with E-state index >= 15 is 0 Å². The molecule has 1 heterocycles. The van der Waals surface area contributed by atoms with Crippen LogP contribution in [0, 0.1) is 10.1 Å². The Morgan fingerprint density at radius 1 is 1.32 bits per heavy atom. The molecule has 0 aromatic heterocycles. The van der Waals surface area contributed by atoms with Crippen molar-refractivity contribution in [2.24, 2.45) is 0 Å². The number of benzene rings is 1. The number of hydrogen-bond acceptors (Lipinski definition) is 4. The average Bonchev–Trinajstić information content (AvgIpc) is 2.49. The van der Waals surface area contributed by atoms with E-state index in [-0.39, 0.29) is 11.6 Å². The Bertz CT molecular complexity index is 617. The maximum Gasteiger partial charge on any atom is 0.271 e. The Labute approximate surface area is 138 Å². The highest BCUT2D eigenvalue weighted by molar-refractivity contribution is 7.80. The van der Waals surface area contributed by atoms with Crippen molar-refractivity contribution in [3.63, 3.8) is 0 Å². The third-order valence-electron chi connectivity index (χ3n) is 3.41. The normalized spacial score (nSPS) is 14.6. The van der Waals surface area contributed by atoms with Gasteiger partial charge in [0.2, 0.25) is 5.91 Å². The van der Waals surface area contributed by atoms with E-state index in [1.165, 1.54) is 25.1 Å². The summed E-state index contributed by atoms with van der Waals surface area (Å²) in [4.78, 5) is 25.3. The molecular formula is C13H15ClN4O3S. The number of nitro groups is 1. The number of amides is 1. The summed E-state index contributed by atoms with van der Waals surface area (Å²) in [6.07, 6.45) is 0. The van der Waals surface area contributed by atoms with Crippen LogP contribution in [0.4, 0.5) is 11.4 Å². The van der Waals surface area contributed by atoms with Crippen LogP contribution >= 0.6 is 23.8 Å². The molecule has 0 bridgehead atoms. The highest BCUT2D eigenvalue weighted by Gasteiger charge is 2.21. The summed E-state index contributed by atoms with van der Waals surface area (Å²) in [5.41, 5.74) is 0.339. The minimum atomic E-state index is -0.490. The molecule has 1 aliphatic rings. The Morgan fingerprint density at radius 2 is 1.91 bits per heavy atom. The molecule has 1 aromatic rings. The van der Waals surface area contributed by atoms with Gasteiger partial charge in [0.1, 0.15) is 0 Å². The topological polar surface area (TPSA) is 78.7 Å². The van der Waals surface area contributed by atoms with Gasteiger partial charge in [-0.05, 0) is 18.3 Å². The molecule has 9 heteroatoms. The van der Waals surface area contributed by atoms with Gasteiger partial charge in [-0.15, -0.1) is 0 Å². The van der Waals surface area contributed by atoms with E-state index in [0.717, 1.165) is 0 Å². The molecule has 1 fully saturated rings. The number of carbonyl (C=O) groups is 1. The van der Waals surface area contributed by atoms with E-state index in [9.17, 15) is 14.9 Å². The number of nitrogens with zero attached hydrogens (tertiary/aromatic N) is 3. The Kier molecular flexibility index (Phi) is 5.15. The number of halogens is 1. The summed E-state index contributed by atoms with van der Waals surface area (Å²) in [6.45, 7) is 3.95. The van der Waals surface area contributed by atoms with Gasteiger partial charge in [-0.2, -0.15) is 0 Å². The Balaban J connectivity index is 2.02. The number of hydrogen-bond donors (Lipinski definition) is 1. The summed E-state index contributed by atoms with van der Waals surface area (Å²) in [6, 6.07) is 4.14. The third kappa shape index (κ3) is 3.83. The molecule has 1 saturated heterocycles. The van der Waals surface area contributed by atoms with E-state index in [4.69, 9.17) is 23.8 Å². The van der Waals surface area contributed by atoms with Crippen molar-refractivity contribution in [1.82, 2.24) is 9.80 Å². The minimum absolute atomic E-state index is 0.0419. The number of non-ortho nitro benzene ring substituents is 1. The van der Waals surface area contributed by atoms with Gasteiger partial charge in [-0.25, -0.2) is 0 Å². The van der Waals surface area contributed by atoms with Crippen LogP contribution in [0.3, 0.4) is 0 Å². The SMILES string of the molecule is CC(=O)N1CCN(C(=S)Nc2cc([N+](=O)[O-])ccc2Cl)CC1. The van der Waals surface area contributed by atoms with Crippen molar-refractivity contribution in [3.8, 4) is 0 Å². The number of nitrogens with one attached hydrogen (secondary N) is 1. The largest absolute Gasteiger partial charge is 0.345 e. The van der Waals surface area contributed by atoms with Gasteiger partial charge in [0.25, 0.3) is 5.69 Å². The fraction of sp³-hybridized carbons (Fsp3) is 0.385. The first-order chi connectivity index (χ1) is 10.4. The maximum atomic E-state index is 11.3. The predicted molar refractivity (Wildman–Crippen MR) is 88.2 cm³/mol. The van der Waals surface area contributed by atoms with Crippen LogP contribution in [-0.2, 0) is 4.79 Å². The molecule has 118 valence electrons. The van der Waals surface area contributed by atoms with Gasteiger partial charge in [0.15, 0.2) is 5.11 Å². The van der Waals surface area contributed by atoms with Gasteiger partial charge in [0.05, 0.1) is 15.6 Å². The zero-order valence-electron chi connectivity index (χ0n) is 11.9. The molecule has 7 nitrogen and oxygen atoms in total. The standard InChI is InChI=1S/C13H15ClN4O3S/c1-9(19)16-4-6-17(7-5-16)13(22)15-12-8-10(18(20)21)2-3-11(12)14/h2-3,8H,4-7H2,1H3,(H,15,22). The van der Waals surface area contributed by atoms with Crippen molar-refractivity contribution >= 4 is 46.2 Å². The Morgan fingerprint density at radius 3 is 2.45 bits per heavy atom. The monoisotopic (exact) mass is 342 g/mol. The van der Waals surface area contributed by atoms with E-state index < -0.39 is 4.92 Å². The van der Waals surface area contributed by atoms with Gasteiger partial charge in [-0.1, -0.05) is 11.6 Å². The lowest BCUT2D eigenvalue weighted by Gasteiger charge is -2.35. The number of carbonyl (C=O) groups excluding carboxylic acids is 1. The van der Waals surface area contributed by atoms with Crippen LogP contribution in [0.1, 0.15) is 6.92 Å². The molecule has 0 unspecified atom stereocenters. The lowest BCUT2D eigenvalue weighted by molar-refractivity contribution is -0.384. The van der Waals surface area contributed by atoms with E-state index in [1.54, 1.807) is 4.90 Å². The van der Waals surface area contributed by atoms with E-state index in [1.807, 2.05) is 4.90 Å². The van der Waals surface area contributed by atoms with Crippen molar-refractivity contribution in [1.29, 1.82) is 0 Å². The van der Waals surface area contributed by atoms with Crippen LogP contribution in [-0.4, -0.2) is 51.9 Å². The molecule has 0 radical (unpaired) electrons. The molecule has 1 N–H and O–H groups in total. The molecule has 0 aliphatic carbocycles. The number of rotatable bonds is 2. The maximum absolute atomic E-state index is 11.3. The van der Waals surface area contributed by atoms with Crippen molar-refractivity contribution < 1.29 is 9.72 Å². The van der Waals surface area contributed by atoms with Gasteiger partial charge in [0, 0.05) is 45.2 Å². The number of piperazine rings is 1. The molecule has 0 spiro atoms. The molecule has 1 aliphatic heterocycles. The first kappa shape index (κ1) is 16.4. The van der Waals surface area contributed by atoms with Crippen LogP contribution in [0.15, 0.2) is 18.2 Å². The average molecular weight is 343 g/mol. The molecule has 22 heavy (non-hydrogen) atoms. The Hall–Kier alpha value is -1.93. The van der Waals surface area contributed by atoms with Gasteiger partial charge >= 0.3 is 0 Å².